The van der Waals surface area contributed by atoms with Crippen LogP contribution < -0.4 is 14.2 Å². The molecule has 0 saturated heterocycles. The lowest BCUT2D eigenvalue weighted by Gasteiger charge is -2.10. The van der Waals surface area contributed by atoms with Crippen molar-refractivity contribution >= 4 is 106 Å². The van der Waals surface area contributed by atoms with Gasteiger partial charge in [0.25, 0.3) is 0 Å². The molecule has 0 bridgehead atoms. The molecule has 1 heterocycles. The Balaban J connectivity index is 2.35. The molecule has 1 aromatic heterocycles. The van der Waals surface area contributed by atoms with E-state index in [9.17, 15) is 0 Å². The molecule has 0 aromatic carbocycles. The predicted molar refractivity (Wildman–Crippen MR) is 209 cm³/mol. The molecule has 0 saturated carbocycles. The van der Waals surface area contributed by atoms with Gasteiger partial charge in [0.05, 0.1) is 19.8 Å². The van der Waals surface area contributed by atoms with E-state index in [0.29, 0.717) is 37.9 Å². The molecular weight excluding hydrogens is 703 g/mol. The van der Waals surface area contributed by atoms with Crippen LogP contribution >= 0.6 is 106 Å². The maximum Gasteiger partial charge on any atom is 0.325 e. The maximum atomic E-state index is 5.89. The van der Waals surface area contributed by atoms with E-state index in [2.05, 4.69) is 33.7 Å². The van der Waals surface area contributed by atoms with Crippen LogP contribution in [0, 0.1) is 0 Å². The van der Waals surface area contributed by atoms with Gasteiger partial charge in [-0.1, -0.05) is 0 Å². The molecule has 0 atom stereocenters. The summed E-state index contributed by atoms with van der Waals surface area (Å²) in [5.74, 6) is 17.9. The maximum absolute atomic E-state index is 5.89. The molecule has 0 spiro atoms. The zero-order chi connectivity index (χ0) is 30.2. The third kappa shape index (κ3) is 27.8. The van der Waals surface area contributed by atoms with Crippen molar-refractivity contribution in [1.29, 1.82) is 0 Å². The monoisotopic (exact) mass is 753 g/mol. The van der Waals surface area contributed by atoms with Gasteiger partial charge in [-0.3, -0.25) is 0 Å². The van der Waals surface area contributed by atoms with Crippen LogP contribution in [0.15, 0.2) is 0 Å². The van der Waals surface area contributed by atoms with Gasteiger partial charge in [0.1, 0.15) is 0 Å². The van der Waals surface area contributed by atoms with Crippen molar-refractivity contribution < 1.29 is 14.2 Å². The average Bonchev–Trinajstić information content (AvgIpc) is 3.00. The van der Waals surface area contributed by atoms with Crippen molar-refractivity contribution in [2.45, 2.75) is 19.3 Å². The number of ether oxygens (including phenoxy) is 3. The Labute approximate surface area is 294 Å². The molecule has 42 heavy (non-hydrogen) atoms. The minimum atomic E-state index is 0.293. The van der Waals surface area contributed by atoms with Crippen LogP contribution in [0.1, 0.15) is 19.3 Å². The zero-order valence-corrected chi connectivity index (χ0v) is 32.9. The first-order valence-electron chi connectivity index (χ1n) is 14.4. The molecule has 0 N–H and O–H groups in total. The molecule has 246 valence electrons. The SMILES string of the molecule is CSCCSCCSCCCOc1nc(OCCCSCCSCCSC)nc(OCCCSCCSCCSC)n1. The van der Waals surface area contributed by atoms with Crippen LogP contribution in [0.25, 0.3) is 0 Å². The van der Waals surface area contributed by atoms with Gasteiger partial charge in [-0.2, -0.15) is 106 Å². The highest BCUT2D eigenvalue weighted by Crippen LogP contribution is 2.17. The van der Waals surface area contributed by atoms with Crippen LogP contribution in [-0.2, 0) is 0 Å². The summed E-state index contributed by atoms with van der Waals surface area (Å²) in [6, 6.07) is 0.878. The van der Waals surface area contributed by atoms with Crippen molar-refractivity contribution in [2.75, 3.05) is 125 Å². The van der Waals surface area contributed by atoms with Gasteiger partial charge >= 0.3 is 18.0 Å². The van der Waals surface area contributed by atoms with Crippen LogP contribution in [0.4, 0.5) is 0 Å². The summed E-state index contributed by atoms with van der Waals surface area (Å²) in [6.07, 6.45) is 9.36. The average molecular weight is 754 g/mol. The normalized spacial score (nSPS) is 11.2. The summed E-state index contributed by atoms with van der Waals surface area (Å²) in [5, 5.41) is 0. The largest absolute Gasteiger partial charge is 0.463 e. The van der Waals surface area contributed by atoms with Gasteiger partial charge in [0.15, 0.2) is 0 Å². The molecular formula is C27H51N3O3S9. The standard InChI is InChI=1S/C27H51N3O3S9/c1-34-13-16-40-22-19-37-10-4-7-31-25-28-26(32-8-5-11-38-20-23-41-17-14-35-2)30-27(29-25)33-9-6-12-39-21-24-42-18-15-36-3/h4-24H2,1-3H3. The van der Waals surface area contributed by atoms with Crippen LogP contribution in [0.3, 0.4) is 0 Å². The summed E-state index contributed by atoms with van der Waals surface area (Å²) in [4.78, 5) is 13.2. The molecule has 15 heteroatoms. The highest BCUT2D eigenvalue weighted by Gasteiger charge is 2.10. The van der Waals surface area contributed by atoms with Crippen molar-refractivity contribution in [1.82, 2.24) is 15.0 Å². The summed E-state index contributed by atoms with van der Waals surface area (Å²) >= 11 is 17.8. The molecule has 0 amide bonds. The molecule has 0 unspecified atom stereocenters. The first kappa shape index (κ1) is 41.6. The van der Waals surface area contributed by atoms with E-state index in [0.717, 1.165) is 36.5 Å². The quantitative estimate of drug-likeness (QED) is 0.0660. The molecule has 1 aromatic rings. The van der Waals surface area contributed by atoms with Crippen LogP contribution in [0.2, 0.25) is 0 Å². The van der Waals surface area contributed by atoms with E-state index in [1.54, 1.807) is 0 Å². The number of nitrogens with zero attached hydrogens (tertiary/aromatic N) is 3. The molecule has 1 rings (SSSR count). The molecule has 0 radical (unpaired) electrons. The van der Waals surface area contributed by atoms with Gasteiger partial charge in [0.2, 0.25) is 0 Å². The first-order valence-corrected chi connectivity index (χ1v) is 25.5. The van der Waals surface area contributed by atoms with Crippen molar-refractivity contribution in [2.24, 2.45) is 0 Å². The van der Waals surface area contributed by atoms with Gasteiger partial charge in [-0.15, -0.1) is 15.0 Å². The van der Waals surface area contributed by atoms with Gasteiger partial charge in [-0.25, -0.2) is 0 Å². The molecule has 0 fully saturated rings. The predicted octanol–water partition coefficient (Wildman–Crippen LogP) is 7.67. The van der Waals surface area contributed by atoms with Gasteiger partial charge in [-0.05, 0) is 55.3 Å². The third-order valence-electron chi connectivity index (χ3n) is 4.98. The first-order chi connectivity index (χ1) is 20.8. The fourth-order valence-corrected chi connectivity index (χ4v) is 11.3. The van der Waals surface area contributed by atoms with E-state index in [-0.39, 0.29) is 0 Å². The second-order valence-electron chi connectivity index (χ2n) is 8.44. The summed E-state index contributed by atoms with van der Waals surface area (Å²) < 4.78 is 17.7. The molecule has 6 nitrogen and oxygen atoms in total. The molecule has 0 aliphatic rings. The summed E-state index contributed by atoms with van der Waals surface area (Å²) in [6.45, 7) is 1.73. The van der Waals surface area contributed by atoms with Crippen molar-refractivity contribution in [3.8, 4) is 18.0 Å². The van der Waals surface area contributed by atoms with E-state index in [1.807, 2.05) is 106 Å². The Morgan fingerprint density at radius 2 is 0.595 bits per heavy atom. The number of thioether (sulfide) groups is 9. The highest BCUT2D eigenvalue weighted by atomic mass is 32.2. The summed E-state index contributed by atoms with van der Waals surface area (Å²) in [5.41, 5.74) is 0. The minimum Gasteiger partial charge on any atom is -0.463 e. The third-order valence-corrected chi connectivity index (χ3v) is 14.5. The molecule has 0 aliphatic carbocycles. The number of hydrogen-bond acceptors (Lipinski definition) is 15. The van der Waals surface area contributed by atoms with E-state index in [1.165, 1.54) is 69.0 Å². The lowest BCUT2D eigenvalue weighted by Crippen LogP contribution is -2.10. The summed E-state index contributed by atoms with van der Waals surface area (Å²) in [7, 11) is 0. The number of hydrogen-bond donors (Lipinski definition) is 0. The lowest BCUT2D eigenvalue weighted by atomic mass is 10.5. The van der Waals surface area contributed by atoms with Crippen LogP contribution in [-0.4, -0.2) is 140 Å². The van der Waals surface area contributed by atoms with E-state index >= 15 is 0 Å². The Morgan fingerprint density at radius 3 is 0.857 bits per heavy atom. The van der Waals surface area contributed by atoms with E-state index < -0.39 is 0 Å². The Kier molecular flexibility index (Phi) is 33.6. The van der Waals surface area contributed by atoms with Crippen LogP contribution in [0.5, 0.6) is 18.0 Å². The second kappa shape index (κ2) is 33.9. The fourth-order valence-electron chi connectivity index (χ4n) is 2.88. The zero-order valence-electron chi connectivity index (χ0n) is 25.6. The van der Waals surface area contributed by atoms with E-state index in [4.69, 9.17) is 14.2 Å². The molecule has 0 aliphatic heterocycles. The Hall–Kier alpha value is 1.56. The topological polar surface area (TPSA) is 66.4 Å². The highest BCUT2D eigenvalue weighted by molar-refractivity contribution is 8.05. The lowest BCUT2D eigenvalue weighted by molar-refractivity contribution is 0.236. The Morgan fingerprint density at radius 1 is 0.357 bits per heavy atom. The van der Waals surface area contributed by atoms with Crippen molar-refractivity contribution in [3.63, 3.8) is 0 Å². The Bertz CT molecular complexity index is 615. The minimum absolute atomic E-state index is 0.293. The van der Waals surface area contributed by atoms with Crippen molar-refractivity contribution in [3.05, 3.63) is 0 Å². The number of rotatable bonds is 33. The van der Waals surface area contributed by atoms with Gasteiger partial charge in [0, 0.05) is 69.0 Å². The fraction of sp³-hybridized carbons (Fsp3) is 0.889. The second-order valence-corrected chi connectivity index (χ2v) is 18.7. The van der Waals surface area contributed by atoms with Gasteiger partial charge < -0.3 is 14.2 Å². The smallest absolute Gasteiger partial charge is 0.325 e. The number of aromatic nitrogens is 3.